The molecule has 4 heteroatoms. The number of halogens is 1. The molecule has 1 aliphatic rings. The van der Waals surface area contributed by atoms with E-state index in [2.05, 4.69) is 17.1 Å². The van der Waals surface area contributed by atoms with Crippen LogP contribution in [0.1, 0.15) is 37.3 Å². The van der Waals surface area contributed by atoms with E-state index in [0.717, 1.165) is 18.7 Å². The van der Waals surface area contributed by atoms with Crippen molar-refractivity contribution in [1.82, 2.24) is 10.2 Å². The van der Waals surface area contributed by atoms with E-state index in [0.29, 0.717) is 12.5 Å². The third kappa shape index (κ3) is 5.11. The SMILES string of the molecule is CC(CNCc1ccc(F)c(C#N)c1)CN1CCCCC1. The van der Waals surface area contributed by atoms with E-state index in [1.165, 1.54) is 38.4 Å². The van der Waals surface area contributed by atoms with Crippen LogP contribution in [0.4, 0.5) is 4.39 Å². The van der Waals surface area contributed by atoms with Crippen LogP contribution in [0.15, 0.2) is 18.2 Å². The molecule has 1 heterocycles. The highest BCUT2D eigenvalue weighted by Gasteiger charge is 2.13. The van der Waals surface area contributed by atoms with Crippen molar-refractivity contribution >= 4 is 0 Å². The molecule has 1 N–H and O–H groups in total. The first kappa shape index (κ1) is 15.9. The van der Waals surface area contributed by atoms with Crippen molar-refractivity contribution in [1.29, 1.82) is 5.26 Å². The van der Waals surface area contributed by atoms with Gasteiger partial charge >= 0.3 is 0 Å². The highest BCUT2D eigenvalue weighted by Crippen LogP contribution is 2.11. The van der Waals surface area contributed by atoms with Gasteiger partial charge in [0.25, 0.3) is 0 Å². The van der Waals surface area contributed by atoms with Crippen LogP contribution in [0.2, 0.25) is 0 Å². The maximum absolute atomic E-state index is 13.2. The summed E-state index contributed by atoms with van der Waals surface area (Å²) in [6.45, 7) is 7.48. The van der Waals surface area contributed by atoms with Gasteiger partial charge in [0.15, 0.2) is 0 Å². The number of nitriles is 1. The Morgan fingerprint density at radius 2 is 2.10 bits per heavy atom. The van der Waals surface area contributed by atoms with Crippen molar-refractivity contribution < 1.29 is 4.39 Å². The Bertz CT molecular complexity index is 489. The van der Waals surface area contributed by atoms with Crippen molar-refractivity contribution in [3.63, 3.8) is 0 Å². The molecule has 2 rings (SSSR count). The number of benzene rings is 1. The van der Waals surface area contributed by atoms with E-state index in [1.807, 2.05) is 6.07 Å². The Kier molecular flexibility index (Phi) is 6.16. The molecule has 1 fully saturated rings. The monoisotopic (exact) mass is 289 g/mol. The lowest BCUT2D eigenvalue weighted by Crippen LogP contribution is -2.36. The molecular weight excluding hydrogens is 265 g/mol. The van der Waals surface area contributed by atoms with E-state index in [9.17, 15) is 4.39 Å². The molecule has 0 radical (unpaired) electrons. The first-order valence-electron chi connectivity index (χ1n) is 7.80. The number of hydrogen-bond donors (Lipinski definition) is 1. The summed E-state index contributed by atoms with van der Waals surface area (Å²) in [5.74, 6) is 0.152. The molecule has 1 aromatic carbocycles. The standard InChI is InChI=1S/C17H24FN3/c1-14(13-21-7-3-2-4-8-21)11-20-12-15-5-6-17(18)16(9-15)10-19/h5-6,9,14,20H,2-4,7-8,11-13H2,1H3. The summed E-state index contributed by atoms with van der Waals surface area (Å²) in [6.07, 6.45) is 4.02. The summed E-state index contributed by atoms with van der Waals surface area (Å²) >= 11 is 0. The summed E-state index contributed by atoms with van der Waals surface area (Å²) in [5, 5.41) is 12.2. The zero-order valence-electron chi connectivity index (χ0n) is 12.7. The molecule has 1 aromatic rings. The van der Waals surface area contributed by atoms with Gasteiger partial charge < -0.3 is 10.2 Å². The Morgan fingerprint density at radius 1 is 1.33 bits per heavy atom. The Balaban J connectivity index is 1.72. The van der Waals surface area contributed by atoms with Gasteiger partial charge in [0.2, 0.25) is 0 Å². The zero-order valence-corrected chi connectivity index (χ0v) is 12.7. The highest BCUT2D eigenvalue weighted by molar-refractivity contribution is 5.34. The van der Waals surface area contributed by atoms with Crippen molar-refractivity contribution in [2.24, 2.45) is 5.92 Å². The molecule has 0 aromatic heterocycles. The second-order valence-corrected chi connectivity index (χ2v) is 6.02. The van der Waals surface area contributed by atoms with Crippen LogP contribution in [0, 0.1) is 23.1 Å². The van der Waals surface area contributed by atoms with Gasteiger partial charge in [-0.05, 0) is 56.1 Å². The summed E-state index contributed by atoms with van der Waals surface area (Å²) < 4.78 is 13.2. The number of nitrogens with one attached hydrogen (secondary N) is 1. The summed E-state index contributed by atoms with van der Waals surface area (Å²) in [6, 6.07) is 6.60. The van der Waals surface area contributed by atoms with E-state index in [4.69, 9.17) is 5.26 Å². The van der Waals surface area contributed by atoms with Gasteiger partial charge in [0, 0.05) is 13.1 Å². The lowest BCUT2D eigenvalue weighted by atomic mass is 10.1. The van der Waals surface area contributed by atoms with Crippen LogP contribution in [0.25, 0.3) is 0 Å². The number of hydrogen-bond acceptors (Lipinski definition) is 3. The summed E-state index contributed by atoms with van der Waals surface area (Å²) in [7, 11) is 0. The average molecular weight is 289 g/mol. The molecule has 1 atom stereocenters. The number of piperidine rings is 1. The molecule has 0 spiro atoms. The van der Waals surface area contributed by atoms with E-state index in [1.54, 1.807) is 12.1 Å². The smallest absolute Gasteiger partial charge is 0.140 e. The van der Waals surface area contributed by atoms with Crippen LogP contribution < -0.4 is 5.32 Å². The van der Waals surface area contributed by atoms with Gasteiger partial charge in [0.05, 0.1) is 5.56 Å². The maximum Gasteiger partial charge on any atom is 0.140 e. The largest absolute Gasteiger partial charge is 0.312 e. The minimum atomic E-state index is -0.445. The number of nitrogens with zero attached hydrogens (tertiary/aromatic N) is 2. The lowest BCUT2D eigenvalue weighted by molar-refractivity contribution is 0.199. The molecule has 1 unspecified atom stereocenters. The van der Waals surface area contributed by atoms with Crippen molar-refractivity contribution in [3.05, 3.63) is 35.1 Å². The number of likely N-dealkylation sites (tertiary alicyclic amines) is 1. The van der Waals surface area contributed by atoms with Gasteiger partial charge in [-0.1, -0.05) is 19.4 Å². The zero-order chi connectivity index (χ0) is 15.1. The molecule has 1 aliphatic heterocycles. The van der Waals surface area contributed by atoms with Gasteiger partial charge in [-0.25, -0.2) is 4.39 Å². The topological polar surface area (TPSA) is 39.1 Å². The van der Waals surface area contributed by atoms with Crippen LogP contribution in [-0.2, 0) is 6.54 Å². The molecule has 0 saturated carbocycles. The van der Waals surface area contributed by atoms with Gasteiger partial charge in [-0.2, -0.15) is 5.26 Å². The molecule has 0 bridgehead atoms. The average Bonchev–Trinajstić information content (AvgIpc) is 2.50. The lowest BCUT2D eigenvalue weighted by Gasteiger charge is -2.29. The molecule has 1 saturated heterocycles. The molecule has 0 amide bonds. The fourth-order valence-electron chi connectivity index (χ4n) is 2.88. The van der Waals surface area contributed by atoms with Crippen molar-refractivity contribution in [2.75, 3.05) is 26.2 Å². The second-order valence-electron chi connectivity index (χ2n) is 6.02. The second kappa shape index (κ2) is 8.11. The maximum atomic E-state index is 13.2. The van der Waals surface area contributed by atoms with E-state index >= 15 is 0 Å². The van der Waals surface area contributed by atoms with E-state index in [-0.39, 0.29) is 5.56 Å². The van der Waals surface area contributed by atoms with Gasteiger partial charge in [-0.15, -0.1) is 0 Å². The van der Waals surface area contributed by atoms with Crippen LogP contribution in [0.3, 0.4) is 0 Å². The van der Waals surface area contributed by atoms with Gasteiger partial charge in [0.1, 0.15) is 11.9 Å². The summed E-state index contributed by atoms with van der Waals surface area (Å²) in [4.78, 5) is 2.54. The minimum absolute atomic E-state index is 0.121. The molecule has 3 nitrogen and oxygen atoms in total. The quantitative estimate of drug-likeness (QED) is 0.875. The first-order chi connectivity index (χ1) is 10.2. The van der Waals surface area contributed by atoms with Crippen molar-refractivity contribution in [2.45, 2.75) is 32.7 Å². The molecule has 114 valence electrons. The summed E-state index contributed by atoms with van der Waals surface area (Å²) in [5.41, 5.74) is 1.08. The molecule has 21 heavy (non-hydrogen) atoms. The van der Waals surface area contributed by atoms with Crippen LogP contribution in [0.5, 0.6) is 0 Å². The third-order valence-corrected chi connectivity index (χ3v) is 3.99. The van der Waals surface area contributed by atoms with E-state index < -0.39 is 5.82 Å². The first-order valence-corrected chi connectivity index (χ1v) is 7.80. The Labute approximate surface area is 126 Å². The fraction of sp³-hybridized carbons (Fsp3) is 0.588. The third-order valence-electron chi connectivity index (χ3n) is 3.99. The Morgan fingerprint density at radius 3 is 2.81 bits per heavy atom. The number of rotatable bonds is 6. The molecular formula is C17H24FN3. The normalized spacial score (nSPS) is 17.4. The minimum Gasteiger partial charge on any atom is -0.312 e. The van der Waals surface area contributed by atoms with Crippen molar-refractivity contribution in [3.8, 4) is 6.07 Å². The molecule has 0 aliphatic carbocycles. The van der Waals surface area contributed by atoms with Crippen LogP contribution in [-0.4, -0.2) is 31.1 Å². The predicted molar refractivity (Wildman–Crippen MR) is 82.3 cm³/mol. The highest BCUT2D eigenvalue weighted by atomic mass is 19.1. The fourth-order valence-corrected chi connectivity index (χ4v) is 2.88. The predicted octanol–water partition coefficient (Wildman–Crippen LogP) is 2.91. The Hall–Kier alpha value is -1.44. The van der Waals surface area contributed by atoms with Gasteiger partial charge in [-0.3, -0.25) is 0 Å². The van der Waals surface area contributed by atoms with Crippen LogP contribution >= 0.6 is 0 Å².